The number of hydrogen-bond acceptors (Lipinski definition) is 1. The molecule has 0 heterocycles. The molecule has 1 unspecified atom stereocenters. The third-order valence-corrected chi connectivity index (χ3v) is 3.97. The highest BCUT2D eigenvalue weighted by atomic mass is 16.2. The lowest BCUT2D eigenvalue weighted by Gasteiger charge is -2.30. The molecule has 0 spiro atoms. The smallest absolute Gasteiger partial charge is 0.223 e. The fraction of sp³-hybridized carbons (Fsp3) is 0.929. The standard InChI is InChI=1S/C14H27NO/c1-4-12(3)15(5-2)14(16)11-13-9-7-6-8-10-13/h12-13H,4-11H2,1-3H3. The molecule has 1 saturated carbocycles. The molecule has 0 bridgehead atoms. The SMILES string of the molecule is CCC(C)N(CC)C(=O)CC1CCCCC1. The van der Waals surface area contributed by atoms with Gasteiger partial charge in [0.25, 0.3) is 0 Å². The van der Waals surface area contributed by atoms with E-state index >= 15 is 0 Å². The Morgan fingerprint density at radius 2 is 1.88 bits per heavy atom. The van der Waals surface area contributed by atoms with E-state index in [1.165, 1.54) is 32.1 Å². The normalized spacial score (nSPS) is 19.4. The summed E-state index contributed by atoms with van der Waals surface area (Å²) in [6.45, 7) is 7.26. The summed E-state index contributed by atoms with van der Waals surface area (Å²) in [4.78, 5) is 14.2. The molecule has 0 radical (unpaired) electrons. The topological polar surface area (TPSA) is 20.3 Å². The first kappa shape index (κ1) is 13.5. The van der Waals surface area contributed by atoms with Crippen molar-refractivity contribution in [3.63, 3.8) is 0 Å². The first-order valence-corrected chi connectivity index (χ1v) is 6.98. The van der Waals surface area contributed by atoms with E-state index in [2.05, 4.69) is 25.7 Å². The zero-order valence-electron chi connectivity index (χ0n) is 11.2. The number of rotatable bonds is 5. The Morgan fingerprint density at radius 3 is 2.38 bits per heavy atom. The summed E-state index contributed by atoms with van der Waals surface area (Å²) in [7, 11) is 0. The van der Waals surface area contributed by atoms with Crippen molar-refractivity contribution >= 4 is 5.91 Å². The van der Waals surface area contributed by atoms with Crippen molar-refractivity contribution in [2.24, 2.45) is 5.92 Å². The van der Waals surface area contributed by atoms with Crippen LogP contribution in [0.25, 0.3) is 0 Å². The van der Waals surface area contributed by atoms with Crippen LogP contribution in [0.1, 0.15) is 65.7 Å². The van der Waals surface area contributed by atoms with Crippen molar-refractivity contribution in [1.82, 2.24) is 4.90 Å². The molecule has 1 amide bonds. The summed E-state index contributed by atoms with van der Waals surface area (Å²) in [5.41, 5.74) is 0. The Kier molecular flexibility index (Phi) is 5.86. The van der Waals surface area contributed by atoms with Crippen LogP contribution >= 0.6 is 0 Å². The fourth-order valence-electron chi connectivity index (χ4n) is 2.71. The molecule has 0 aromatic heterocycles. The van der Waals surface area contributed by atoms with Crippen molar-refractivity contribution in [3.05, 3.63) is 0 Å². The summed E-state index contributed by atoms with van der Waals surface area (Å²) in [5, 5.41) is 0. The van der Waals surface area contributed by atoms with E-state index in [1.54, 1.807) is 0 Å². The van der Waals surface area contributed by atoms with Gasteiger partial charge in [0, 0.05) is 19.0 Å². The van der Waals surface area contributed by atoms with Crippen LogP contribution in [-0.4, -0.2) is 23.4 Å². The average Bonchev–Trinajstić information content (AvgIpc) is 2.31. The van der Waals surface area contributed by atoms with Crippen molar-refractivity contribution in [3.8, 4) is 0 Å². The fourth-order valence-corrected chi connectivity index (χ4v) is 2.71. The van der Waals surface area contributed by atoms with Gasteiger partial charge in [0.15, 0.2) is 0 Å². The largest absolute Gasteiger partial charge is 0.340 e. The van der Waals surface area contributed by atoms with E-state index in [9.17, 15) is 4.79 Å². The maximum atomic E-state index is 12.2. The first-order chi connectivity index (χ1) is 7.69. The molecule has 2 heteroatoms. The van der Waals surface area contributed by atoms with Gasteiger partial charge in [-0.3, -0.25) is 4.79 Å². The van der Waals surface area contributed by atoms with Crippen LogP contribution < -0.4 is 0 Å². The number of amides is 1. The van der Waals surface area contributed by atoms with Gasteiger partial charge < -0.3 is 4.90 Å². The minimum absolute atomic E-state index is 0.378. The molecule has 1 atom stereocenters. The third kappa shape index (κ3) is 3.80. The lowest BCUT2D eigenvalue weighted by Crippen LogP contribution is -2.39. The van der Waals surface area contributed by atoms with E-state index in [0.717, 1.165) is 19.4 Å². The maximum absolute atomic E-state index is 12.2. The Labute approximate surface area is 100 Å². The van der Waals surface area contributed by atoms with Crippen LogP contribution in [0, 0.1) is 5.92 Å². The molecule has 94 valence electrons. The van der Waals surface area contributed by atoms with Crippen LogP contribution in [0.2, 0.25) is 0 Å². The molecule has 0 saturated heterocycles. The summed E-state index contributed by atoms with van der Waals surface area (Å²) in [5.74, 6) is 1.04. The second-order valence-electron chi connectivity index (χ2n) is 5.15. The summed E-state index contributed by atoms with van der Waals surface area (Å²) >= 11 is 0. The molecule has 0 aromatic carbocycles. The zero-order valence-corrected chi connectivity index (χ0v) is 11.2. The van der Waals surface area contributed by atoms with E-state index < -0.39 is 0 Å². The van der Waals surface area contributed by atoms with E-state index in [1.807, 2.05) is 0 Å². The Bertz CT molecular complexity index is 209. The van der Waals surface area contributed by atoms with Gasteiger partial charge in [0.1, 0.15) is 0 Å². The molecule has 1 aliphatic rings. The highest BCUT2D eigenvalue weighted by Gasteiger charge is 2.22. The van der Waals surface area contributed by atoms with Crippen molar-refractivity contribution in [2.45, 2.75) is 71.8 Å². The predicted octanol–water partition coefficient (Wildman–Crippen LogP) is 3.60. The van der Waals surface area contributed by atoms with Crippen LogP contribution in [0.3, 0.4) is 0 Å². The van der Waals surface area contributed by atoms with E-state index in [-0.39, 0.29) is 0 Å². The summed E-state index contributed by atoms with van der Waals surface area (Å²) in [6, 6.07) is 0.404. The van der Waals surface area contributed by atoms with E-state index in [0.29, 0.717) is 17.9 Å². The van der Waals surface area contributed by atoms with Gasteiger partial charge >= 0.3 is 0 Å². The third-order valence-electron chi connectivity index (χ3n) is 3.97. The minimum Gasteiger partial charge on any atom is -0.340 e. The van der Waals surface area contributed by atoms with Gasteiger partial charge in [-0.2, -0.15) is 0 Å². The molecule has 16 heavy (non-hydrogen) atoms. The molecular formula is C14H27NO. The number of carbonyl (C=O) groups is 1. The van der Waals surface area contributed by atoms with E-state index in [4.69, 9.17) is 0 Å². The zero-order chi connectivity index (χ0) is 12.0. The number of carbonyl (C=O) groups excluding carboxylic acids is 1. The van der Waals surface area contributed by atoms with Crippen LogP contribution in [0.15, 0.2) is 0 Å². The highest BCUT2D eigenvalue weighted by Crippen LogP contribution is 2.27. The molecule has 2 nitrogen and oxygen atoms in total. The second-order valence-corrected chi connectivity index (χ2v) is 5.15. The first-order valence-electron chi connectivity index (χ1n) is 6.98. The molecule has 1 fully saturated rings. The summed E-state index contributed by atoms with van der Waals surface area (Å²) in [6.07, 6.45) is 8.41. The van der Waals surface area contributed by atoms with Gasteiger partial charge in [-0.25, -0.2) is 0 Å². The van der Waals surface area contributed by atoms with Crippen LogP contribution in [0.5, 0.6) is 0 Å². The molecule has 1 rings (SSSR count). The molecule has 0 aromatic rings. The quantitative estimate of drug-likeness (QED) is 0.700. The lowest BCUT2D eigenvalue weighted by molar-refractivity contribution is -0.134. The molecular weight excluding hydrogens is 198 g/mol. The van der Waals surface area contributed by atoms with Gasteiger partial charge in [-0.1, -0.05) is 26.2 Å². The van der Waals surface area contributed by atoms with Gasteiger partial charge in [-0.05, 0) is 39.0 Å². The Balaban J connectivity index is 2.41. The van der Waals surface area contributed by atoms with Crippen LogP contribution in [0.4, 0.5) is 0 Å². The second kappa shape index (κ2) is 6.93. The number of hydrogen-bond donors (Lipinski definition) is 0. The molecule has 1 aliphatic carbocycles. The number of nitrogens with zero attached hydrogens (tertiary/aromatic N) is 1. The van der Waals surface area contributed by atoms with Gasteiger partial charge in [0.05, 0.1) is 0 Å². The minimum atomic E-state index is 0.378. The van der Waals surface area contributed by atoms with Crippen molar-refractivity contribution in [1.29, 1.82) is 0 Å². The molecule has 0 aliphatic heterocycles. The van der Waals surface area contributed by atoms with Crippen molar-refractivity contribution < 1.29 is 4.79 Å². The Morgan fingerprint density at radius 1 is 1.25 bits per heavy atom. The average molecular weight is 225 g/mol. The Hall–Kier alpha value is -0.530. The van der Waals surface area contributed by atoms with Gasteiger partial charge in [-0.15, -0.1) is 0 Å². The van der Waals surface area contributed by atoms with Crippen molar-refractivity contribution in [2.75, 3.05) is 6.54 Å². The van der Waals surface area contributed by atoms with Crippen LogP contribution in [-0.2, 0) is 4.79 Å². The lowest BCUT2D eigenvalue weighted by atomic mass is 9.86. The monoisotopic (exact) mass is 225 g/mol. The molecule has 0 N–H and O–H groups in total. The maximum Gasteiger partial charge on any atom is 0.223 e. The predicted molar refractivity (Wildman–Crippen MR) is 68.3 cm³/mol. The van der Waals surface area contributed by atoms with Gasteiger partial charge in [0.2, 0.25) is 5.91 Å². The summed E-state index contributed by atoms with van der Waals surface area (Å²) < 4.78 is 0. The highest BCUT2D eigenvalue weighted by molar-refractivity contribution is 5.76.